The Morgan fingerprint density at radius 3 is 2.63 bits per heavy atom. The summed E-state index contributed by atoms with van der Waals surface area (Å²) < 4.78 is 0. The van der Waals surface area contributed by atoms with Crippen LogP contribution in [0.15, 0.2) is 87.1 Å². The molecule has 0 aliphatic carbocycles. The lowest BCUT2D eigenvalue weighted by Crippen LogP contribution is -2.29. The summed E-state index contributed by atoms with van der Waals surface area (Å²) in [5, 5.41) is 2.52. The van der Waals surface area contributed by atoms with Gasteiger partial charge in [0, 0.05) is 18.5 Å². The van der Waals surface area contributed by atoms with Gasteiger partial charge in [0.05, 0.1) is 31.4 Å². The average Bonchev–Trinajstić information content (AvgIpc) is 3.21. The first kappa shape index (κ1) is 21.1. The van der Waals surface area contributed by atoms with E-state index in [1.54, 1.807) is 40.9 Å². The number of carbonyl (C=O) groups excluding carboxylic acids is 1. The molecule has 0 saturated carbocycles. The molecule has 0 aromatic heterocycles. The molecule has 0 bridgehead atoms. The normalized spacial score (nSPS) is 20.0. The van der Waals surface area contributed by atoms with Crippen LogP contribution in [0.5, 0.6) is 0 Å². The highest BCUT2D eigenvalue weighted by Gasteiger charge is 2.32. The highest BCUT2D eigenvalue weighted by molar-refractivity contribution is 8.18. The molecule has 2 aliphatic rings. The Balaban J connectivity index is 1.62. The Morgan fingerprint density at radius 1 is 1.10 bits per heavy atom. The Kier molecular flexibility index (Phi) is 6.29. The molecule has 0 unspecified atom stereocenters. The van der Waals surface area contributed by atoms with E-state index in [-0.39, 0.29) is 5.91 Å². The van der Waals surface area contributed by atoms with Gasteiger partial charge in [0.15, 0.2) is 5.17 Å². The molecule has 152 valence electrons. The van der Waals surface area contributed by atoms with Crippen LogP contribution in [0, 0.1) is 0 Å². The zero-order valence-corrected chi connectivity index (χ0v) is 19.2. The minimum atomic E-state index is -0.0984. The maximum atomic E-state index is 12.9. The lowest BCUT2D eigenvalue weighted by molar-refractivity contribution is -0.121. The van der Waals surface area contributed by atoms with E-state index < -0.39 is 0 Å². The number of amidine groups is 1. The molecule has 2 aromatic rings. The van der Waals surface area contributed by atoms with E-state index >= 15 is 0 Å². The number of nitrogens with zero attached hydrogens (tertiary/aromatic N) is 3. The smallest absolute Gasteiger partial charge is 0.267 e. The van der Waals surface area contributed by atoms with Crippen LogP contribution in [0.3, 0.4) is 0 Å². The Morgan fingerprint density at radius 2 is 1.90 bits per heavy atom. The van der Waals surface area contributed by atoms with Gasteiger partial charge < -0.3 is 4.90 Å². The summed E-state index contributed by atoms with van der Waals surface area (Å²) in [7, 11) is 2.02. The number of allylic oxidation sites excluding steroid dienone is 2. The quantitative estimate of drug-likeness (QED) is 0.365. The van der Waals surface area contributed by atoms with Gasteiger partial charge in [0.1, 0.15) is 0 Å². The molecule has 0 spiro atoms. The molecule has 2 aromatic carbocycles. The minimum Gasteiger partial charge on any atom is -0.338 e. The van der Waals surface area contributed by atoms with Crippen molar-refractivity contribution in [2.45, 2.75) is 4.90 Å². The zero-order chi connectivity index (χ0) is 21.3. The van der Waals surface area contributed by atoms with Crippen LogP contribution in [0.1, 0.15) is 0 Å². The molecule has 2 heterocycles. The van der Waals surface area contributed by atoms with Crippen molar-refractivity contribution >= 4 is 69.2 Å². The maximum absolute atomic E-state index is 12.9. The number of hydrogen-bond acceptors (Lipinski definition) is 5. The van der Waals surface area contributed by atoms with E-state index in [9.17, 15) is 4.79 Å². The number of thioether (sulfide) groups is 2. The maximum Gasteiger partial charge on any atom is 0.267 e. The predicted molar refractivity (Wildman–Crippen MR) is 130 cm³/mol. The highest BCUT2D eigenvalue weighted by atomic mass is 35.5. The molecule has 8 heteroatoms. The van der Waals surface area contributed by atoms with Crippen molar-refractivity contribution in [1.29, 1.82) is 0 Å². The zero-order valence-electron chi connectivity index (χ0n) is 16.0. The molecule has 4 nitrogen and oxygen atoms in total. The fraction of sp³-hybridized carbons (Fsp3) is 0.0909. The van der Waals surface area contributed by atoms with Gasteiger partial charge in [-0.05, 0) is 54.2 Å². The number of aliphatic imine (C=N–C) groups is 1. The average molecular weight is 474 g/mol. The van der Waals surface area contributed by atoms with E-state index in [4.69, 9.17) is 23.2 Å². The second kappa shape index (κ2) is 8.94. The summed E-state index contributed by atoms with van der Waals surface area (Å²) in [5.74, 6) is -0.0984. The van der Waals surface area contributed by atoms with Crippen LogP contribution in [0.2, 0.25) is 10.0 Å². The summed E-state index contributed by atoms with van der Waals surface area (Å²) in [4.78, 5) is 23.1. The number of fused-ring (bicyclic) bond motifs is 1. The number of para-hydroxylation sites is 1. The fourth-order valence-electron chi connectivity index (χ4n) is 2.97. The van der Waals surface area contributed by atoms with Crippen molar-refractivity contribution in [3.8, 4) is 0 Å². The highest BCUT2D eigenvalue weighted by Crippen LogP contribution is 2.45. The second-order valence-electron chi connectivity index (χ2n) is 6.46. The van der Waals surface area contributed by atoms with Crippen molar-refractivity contribution < 1.29 is 4.79 Å². The van der Waals surface area contributed by atoms with Crippen molar-refractivity contribution in [2.24, 2.45) is 4.99 Å². The van der Waals surface area contributed by atoms with Gasteiger partial charge in [-0.15, -0.1) is 6.58 Å². The van der Waals surface area contributed by atoms with Gasteiger partial charge in [-0.2, -0.15) is 0 Å². The standard InChI is InChI=1S/C22H17Cl2N3OS2/c1-3-12-27-21(28)19(30-22(27)25-14-8-9-15(23)16(24)13-14)10-11-20-26(2)17-6-4-5-7-18(17)29-20/h3-11,13H,1,12H2,2H3. The van der Waals surface area contributed by atoms with E-state index in [0.717, 1.165) is 10.7 Å². The predicted octanol–water partition coefficient (Wildman–Crippen LogP) is 6.71. The number of carbonyl (C=O) groups is 1. The number of rotatable bonds is 4. The first-order valence-electron chi connectivity index (χ1n) is 9.05. The van der Waals surface area contributed by atoms with Gasteiger partial charge in [-0.3, -0.25) is 9.69 Å². The molecular formula is C22H17Cl2N3OS2. The molecular weight excluding hydrogens is 457 g/mol. The Labute approximate surface area is 193 Å². The third kappa shape index (κ3) is 4.18. The monoisotopic (exact) mass is 473 g/mol. The SMILES string of the molecule is C=CCN1C(=O)C(=CC=C2Sc3ccccc3N2C)SC1=Nc1ccc(Cl)c(Cl)c1. The summed E-state index contributed by atoms with van der Waals surface area (Å²) >= 11 is 15.1. The van der Waals surface area contributed by atoms with Crippen LogP contribution < -0.4 is 4.90 Å². The molecule has 1 saturated heterocycles. The van der Waals surface area contributed by atoms with Gasteiger partial charge in [-0.1, -0.05) is 53.2 Å². The summed E-state index contributed by atoms with van der Waals surface area (Å²) in [6.07, 6.45) is 5.51. The lowest BCUT2D eigenvalue weighted by atomic mass is 10.3. The molecule has 0 N–H and O–H groups in total. The number of halogens is 2. The van der Waals surface area contributed by atoms with Crippen LogP contribution in [-0.2, 0) is 4.79 Å². The minimum absolute atomic E-state index is 0.0984. The molecule has 0 radical (unpaired) electrons. The summed E-state index contributed by atoms with van der Waals surface area (Å²) in [6.45, 7) is 4.13. The third-order valence-electron chi connectivity index (χ3n) is 4.48. The molecule has 2 aliphatic heterocycles. The molecule has 0 atom stereocenters. The van der Waals surface area contributed by atoms with Crippen molar-refractivity contribution in [2.75, 3.05) is 18.5 Å². The van der Waals surface area contributed by atoms with Crippen LogP contribution in [-0.4, -0.2) is 29.6 Å². The van der Waals surface area contributed by atoms with E-state index in [0.29, 0.717) is 32.4 Å². The van der Waals surface area contributed by atoms with Crippen LogP contribution in [0.25, 0.3) is 0 Å². The molecule has 30 heavy (non-hydrogen) atoms. The van der Waals surface area contributed by atoms with Gasteiger partial charge in [-0.25, -0.2) is 4.99 Å². The number of anilines is 1. The topological polar surface area (TPSA) is 35.9 Å². The van der Waals surface area contributed by atoms with Crippen molar-refractivity contribution in [1.82, 2.24) is 4.90 Å². The van der Waals surface area contributed by atoms with E-state index in [1.807, 2.05) is 31.3 Å². The van der Waals surface area contributed by atoms with Crippen LogP contribution in [0.4, 0.5) is 11.4 Å². The molecule has 4 rings (SSSR count). The van der Waals surface area contributed by atoms with E-state index in [2.05, 4.69) is 28.6 Å². The van der Waals surface area contributed by atoms with Crippen molar-refractivity contribution in [3.63, 3.8) is 0 Å². The van der Waals surface area contributed by atoms with Crippen LogP contribution >= 0.6 is 46.7 Å². The number of benzene rings is 2. The Bertz CT molecular complexity index is 1130. The van der Waals surface area contributed by atoms with Gasteiger partial charge in [0.25, 0.3) is 5.91 Å². The lowest BCUT2D eigenvalue weighted by Gasteiger charge is -2.13. The first-order valence-corrected chi connectivity index (χ1v) is 11.4. The van der Waals surface area contributed by atoms with Crippen molar-refractivity contribution in [3.05, 3.63) is 87.3 Å². The molecule has 1 amide bonds. The first-order chi connectivity index (χ1) is 14.5. The van der Waals surface area contributed by atoms with Gasteiger partial charge >= 0.3 is 0 Å². The summed E-state index contributed by atoms with van der Waals surface area (Å²) in [6, 6.07) is 13.4. The summed E-state index contributed by atoms with van der Waals surface area (Å²) in [5.41, 5.74) is 1.79. The Hall–Kier alpha value is -2.12. The second-order valence-corrected chi connectivity index (χ2v) is 9.35. The fourth-order valence-corrected chi connectivity index (χ4v) is 5.27. The third-order valence-corrected chi connectivity index (χ3v) is 7.42. The number of hydrogen-bond donors (Lipinski definition) is 0. The van der Waals surface area contributed by atoms with E-state index in [1.165, 1.54) is 16.7 Å². The van der Waals surface area contributed by atoms with Gasteiger partial charge in [0.2, 0.25) is 0 Å². The molecule has 1 fully saturated rings. The number of amides is 1. The largest absolute Gasteiger partial charge is 0.338 e.